The normalized spacial score (nSPS) is 29.1. The first kappa shape index (κ1) is 4.49. The molecule has 36 valence electrons. The number of carbonyl (C=O) groups excluding carboxylic acids is 1. The summed E-state index contributed by atoms with van der Waals surface area (Å²) in [6.07, 6.45) is -0.424. The SMILES string of the molecule is [B]C1CNC(=O)O1. The van der Waals surface area contributed by atoms with E-state index in [0.29, 0.717) is 6.54 Å². The highest BCUT2D eigenvalue weighted by Crippen LogP contribution is 1.92. The quantitative estimate of drug-likeness (QED) is 0.402. The molecule has 0 saturated carbocycles. The number of carbonyl (C=O) groups is 1. The number of cyclic esters (lactones) is 1. The largest absolute Gasteiger partial charge is 0.455 e. The molecule has 0 aromatic heterocycles. The molecule has 1 fully saturated rings. The van der Waals surface area contributed by atoms with Crippen LogP contribution in [-0.4, -0.2) is 26.5 Å². The van der Waals surface area contributed by atoms with Gasteiger partial charge in [0, 0.05) is 6.54 Å². The van der Waals surface area contributed by atoms with Crippen LogP contribution in [0.3, 0.4) is 0 Å². The molecule has 4 heteroatoms. The standard InChI is InChI=1S/C3H4BNO2/c4-2-1-5-3(6)7-2/h2H,1H2,(H,5,6). The van der Waals surface area contributed by atoms with Crippen molar-refractivity contribution in [1.82, 2.24) is 5.32 Å². The van der Waals surface area contributed by atoms with Crippen LogP contribution in [-0.2, 0) is 4.74 Å². The first-order valence-corrected chi connectivity index (χ1v) is 1.99. The van der Waals surface area contributed by atoms with Gasteiger partial charge in [0.2, 0.25) is 0 Å². The van der Waals surface area contributed by atoms with Crippen LogP contribution in [0.2, 0.25) is 0 Å². The minimum Gasteiger partial charge on any atom is -0.455 e. The Labute approximate surface area is 42.4 Å². The third kappa shape index (κ3) is 0.854. The molecular weight excluding hydrogens is 92.8 g/mol. The molecule has 0 spiro atoms. The van der Waals surface area contributed by atoms with Gasteiger partial charge in [-0.15, -0.1) is 0 Å². The molecule has 1 unspecified atom stereocenters. The summed E-state index contributed by atoms with van der Waals surface area (Å²) >= 11 is 0. The van der Waals surface area contributed by atoms with Crippen molar-refractivity contribution >= 4 is 13.9 Å². The minimum absolute atomic E-state index is 0.424. The van der Waals surface area contributed by atoms with Crippen LogP contribution in [0.25, 0.3) is 0 Å². The van der Waals surface area contributed by atoms with Crippen molar-refractivity contribution in [3.05, 3.63) is 0 Å². The maximum atomic E-state index is 10.0. The van der Waals surface area contributed by atoms with E-state index in [4.69, 9.17) is 7.85 Å². The third-order valence-electron chi connectivity index (χ3n) is 0.706. The highest BCUT2D eigenvalue weighted by molar-refractivity contribution is 6.12. The van der Waals surface area contributed by atoms with Crippen molar-refractivity contribution in [1.29, 1.82) is 0 Å². The van der Waals surface area contributed by atoms with Crippen LogP contribution in [0.1, 0.15) is 0 Å². The Bertz CT molecular complexity index is 94.9. The molecule has 0 aliphatic carbocycles. The monoisotopic (exact) mass is 97.0 g/mol. The first-order valence-electron chi connectivity index (χ1n) is 1.99. The molecule has 0 bridgehead atoms. The first-order chi connectivity index (χ1) is 3.29. The molecule has 0 aromatic rings. The topological polar surface area (TPSA) is 38.3 Å². The Morgan fingerprint density at radius 3 is 2.86 bits per heavy atom. The fourth-order valence-corrected chi connectivity index (χ4v) is 0.405. The Morgan fingerprint density at radius 2 is 2.71 bits per heavy atom. The predicted octanol–water partition coefficient (Wildman–Crippen LogP) is -0.779. The highest BCUT2D eigenvalue weighted by atomic mass is 16.6. The number of amides is 1. The van der Waals surface area contributed by atoms with Gasteiger partial charge in [0.05, 0.1) is 6.00 Å². The number of hydrogen-bond donors (Lipinski definition) is 1. The van der Waals surface area contributed by atoms with E-state index in [0.717, 1.165) is 0 Å². The molecule has 1 amide bonds. The van der Waals surface area contributed by atoms with Gasteiger partial charge in [-0.1, -0.05) is 0 Å². The van der Waals surface area contributed by atoms with Gasteiger partial charge in [0.25, 0.3) is 0 Å². The van der Waals surface area contributed by atoms with E-state index >= 15 is 0 Å². The van der Waals surface area contributed by atoms with Gasteiger partial charge >= 0.3 is 6.09 Å². The average Bonchev–Trinajstić information content (AvgIpc) is 1.87. The fraction of sp³-hybridized carbons (Fsp3) is 0.667. The summed E-state index contributed by atoms with van der Waals surface area (Å²) in [5.41, 5.74) is 0. The zero-order valence-corrected chi connectivity index (χ0v) is 3.68. The minimum atomic E-state index is -0.438. The number of ether oxygens (including phenoxy) is 1. The fourth-order valence-electron chi connectivity index (χ4n) is 0.405. The van der Waals surface area contributed by atoms with E-state index in [-0.39, 0.29) is 0 Å². The summed E-state index contributed by atoms with van der Waals surface area (Å²) < 4.78 is 4.39. The number of rotatable bonds is 0. The Balaban J connectivity index is 2.40. The maximum Gasteiger partial charge on any atom is 0.406 e. The van der Waals surface area contributed by atoms with Crippen LogP contribution in [0, 0.1) is 0 Å². The molecule has 1 aliphatic rings. The molecule has 1 rings (SSSR count). The second-order valence-electron chi connectivity index (χ2n) is 1.32. The number of hydrogen-bond acceptors (Lipinski definition) is 2. The zero-order valence-electron chi connectivity index (χ0n) is 3.68. The van der Waals surface area contributed by atoms with Gasteiger partial charge in [-0.2, -0.15) is 0 Å². The van der Waals surface area contributed by atoms with Crippen molar-refractivity contribution in [2.24, 2.45) is 0 Å². The van der Waals surface area contributed by atoms with Gasteiger partial charge in [-0.05, 0) is 0 Å². The van der Waals surface area contributed by atoms with Gasteiger partial charge in [-0.25, -0.2) is 4.79 Å². The Morgan fingerprint density at radius 1 is 2.00 bits per heavy atom. The lowest BCUT2D eigenvalue weighted by Crippen LogP contribution is -2.14. The van der Waals surface area contributed by atoms with Crippen LogP contribution < -0.4 is 5.32 Å². The van der Waals surface area contributed by atoms with Gasteiger partial charge in [-0.3, -0.25) is 0 Å². The molecule has 1 atom stereocenters. The van der Waals surface area contributed by atoms with Gasteiger partial charge in [0.15, 0.2) is 0 Å². The van der Waals surface area contributed by atoms with Gasteiger partial charge in [0.1, 0.15) is 7.85 Å². The van der Waals surface area contributed by atoms with Crippen LogP contribution in [0.4, 0.5) is 4.79 Å². The van der Waals surface area contributed by atoms with Crippen molar-refractivity contribution in [3.63, 3.8) is 0 Å². The van der Waals surface area contributed by atoms with Crippen molar-refractivity contribution < 1.29 is 9.53 Å². The average molecular weight is 96.9 g/mol. The lowest BCUT2D eigenvalue weighted by Gasteiger charge is -1.93. The summed E-state index contributed by atoms with van der Waals surface area (Å²) in [5.74, 6) is 0. The second-order valence-corrected chi connectivity index (χ2v) is 1.32. The van der Waals surface area contributed by atoms with E-state index < -0.39 is 12.1 Å². The highest BCUT2D eigenvalue weighted by Gasteiger charge is 2.15. The van der Waals surface area contributed by atoms with E-state index in [1.54, 1.807) is 0 Å². The molecule has 1 N–H and O–H groups in total. The van der Waals surface area contributed by atoms with Crippen LogP contribution in [0.5, 0.6) is 0 Å². The smallest absolute Gasteiger partial charge is 0.406 e. The molecule has 0 aromatic carbocycles. The van der Waals surface area contributed by atoms with E-state index in [9.17, 15) is 4.79 Å². The molecule has 1 saturated heterocycles. The summed E-state index contributed by atoms with van der Waals surface area (Å²) in [6, 6.07) is -0.438. The lowest BCUT2D eigenvalue weighted by atomic mass is 10.0. The molecule has 1 heterocycles. The van der Waals surface area contributed by atoms with Crippen LogP contribution in [0.15, 0.2) is 0 Å². The number of alkyl carbamates (subject to hydrolysis) is 1. The molecule has 1 aliphatic heterocycles. The maximum absolute atomic E-state index is 10.0. The number of nitrogens with one attached hydrogen (secondary N) is 1. The van der Waals surface area contributed by atoms with Crippen molar-refractivity contribution in [2.45, 2.75) is 6.00 Å². The third-order valence-corrected chi connectivity index (χ3v) is 0.706. The van der Waals surface area contributed by atoms with Crippen LogP contribution >= 0.6 is 0 Å². The zero-order chi connectivity index (χ0) is 5.28. The van der Waals surface area contributed by atoms with Gasteiger partial charge < -0.3 is 10.1 Å². The van der Waals surface area contributed by atoms with Crippen molar-refractivity contribution in [3.8, 4) is 0 Å². The lowest BCUT2D eigenvalue weighted by molar-refractivity contribution is 0.168. The van der Waals surface area contributed by atoms with E-state index in [1.165, 1.54) is 0 Å². The second kappa shape index (κ2) is 1.44. The summed E-state index contributed by atoms with van der Waals surface area (Å²) in [6.45, 7) is 0.429. The van der Waals surface area contributed by atoms with E-state index in [2.05, 4.69) is 10.1 Å². The molecule has 3 nitrogen and oxygen atoms in total. The molecular formula is C3H4BNO2. The predicted molar refractivity (Wildman–Crippen MR) is 24.0 cm³/mol. The summed E-state index contributed by atoms with van der Waals surface area (Å²) in [5, 5.41) is 2.38. The van der Waals surface area contributed by atoms with E-state index in [1.807, 2.05) is 0 Å². The molecule has 2 radical (unpaired) electrons. The Hall–Kier alpha value is -0.665. The summed E-state index contributed by atoms with van der Waals surface area (Å²) in [4.78, 5) is 10.0. The summed E-state index contributed by atoms with van der Waals surface area (Å²) in [7, 11) is 5.12. The van der Waals surface area contributed by atoms with Crippen molar-refractivity contribution in [2.75, 3.05) is 6.54 Å². The molecule has 7 heavy (non-hydrogen) atoms. The Kier molecular flexibility index (Phi) is 0.926.